The molecule has 0 saturated heterocycles. The van der Waals surface area contributed by atoms with Crippen molar-refractivity contribution < 1.29 is 21.8 Å². The molecule has 0 aliphatic heterocycles. The zero-order valence-corrected chi connectivity index (χ0v) is 18.2. The van der Waals surface area contributed by atoms with Gasteiger partial charge in [0.2, 0.25) is 0 Å². The summed E-state index contributed by atoms with van der Waals surface area (Å²) in [5.41, 5.74) is 0. The molecule has 0 N–H and O–H groups in total. The van der Waals surface area contributed by atoms with Gasteiger partial charge in [0.15, 0.2) is 0 Å². The van der Waals surface area contributed by atoms with Crippen molar-refractivity contribution >= 4 is 19.1 Å². The minimum absolute atomic E-state index is 0.127. The van der Waals surface area contributed by atoms with E-state index in [2.05, 4.69) is 55.4 Å². The first-order valence-corrected chi connectivity index (χ1v) is 11.1. The predicted octanol–water partition coefficient (Wildman–Crippen LogP) is 3.66. The summed E-state index contributed by atoms with van der Waals surface area (Å²) in [6.45, 7) is 19.1. The van der Waals surface area contributed by atoms with E-state index in [4.69, 9.17) is 21.8 Å². The first-order valence-electron chi connectivity index (χ1n) is 8.63. The molecule has 0 aromatic rings. The van der Waals surface area contributed by atoms with Crippen molar-refractivity contribution in [3.05, 3.63) is 0 Å². The van der Waals surface area contributed by atoms with E-state index in [-0.39, 0.29) is 10.0 Å². The largest absolute Gasteiger partial charge is 0.670 e. The summed E-state index contributed by atoms with van der Waals surface area (Å²) in [7, 11) is -3.30. The molecule has 0 amide bonds. The van der Waals surface area contributed by atoms with Gasteiger partial charge < -0.3 is 21.8 Å². The predicted molar refractivity (Wildman–Crippen MR) is 95.8 cm³/mol. The molecule has 0 aromatic carbocycles. The Balaban J connectivity index is 4.79. The van der Waals surface area contributed by atoms with E-state index in [1.807, 2.05) is 0 Å². The molecule has 0 spiro atoms. The Morgan fingerprint density at radius 3 is 1.26 bits per heavy atom. The fraction of sp³-hybridized carbons (Fsp3) is 1.00. The summed E-state index contributed by atoms with van der Waals surface area (Å²) in [6, 6.07) is 0. The van der Waals surface area contributed by atoms with Crippen LogP contribution in [0.4, 0.5) is 0 Å². The normalized spacial score (nSPS) is 13.0. The molecule has 0 heterocycles. The number of hydrogen-bond acceptors (Lipinski definition) is 5. The molecule has 0 aliphatic carbocycles. The molecule has 5 nitrogen and oxygen atoms in total. The molecule has 0 atom stereocenters. The lowest BCUT2D eigenvalue weighted by Gasteiger charge is -2.30. The van der Waals surface area contributed by atoms with Gasteiger partial charge in [-0.15, -0.1) is 0 Å². The summed E-state index contributed by atoms with van der Waals surface area (Å²) in [6.07, 6.45) is 0. The molecular formula is C16H36O5Si2. The van der Waals surface area contributed by atoms with Crippen LogP contribution in [0.2, 0.25) is 0 Å². The van der Waals surface area contributed by atoms with Gasteiger partial charge >= 0.3 is 19.1 Å². The lowest BCUT2D eigenvalue weighted by Crippen LogP contribution is -2.52. The van der Waals surface area contributed by atoms with Crippen LogP contribution >= 0.6 is 0 Å². The lowest BCUT2D eigenvalue weighted by atomic mass is 10.2. The zero-order chi connectivity index (χ0) is 17.9. The van der Waals surface area contributed by atoms with Crippen LogP contribution in [0.25, 0.3) is 0 Å². The van der Waals surface area contributed by atoms with Gasteiger partial charge in [0.05, 0.1) is 0 Å². The van der Waals surface area contributed by atoms with E-state index in [9.17, 15) is 0 Å². The van der Waals surface area contributed by atoms with Crippen molar-refractivity contribution in [3.63, 3.8) is 0 Å². The van der Waals surface area contributed by atoms with Gasteiger partial charge in [-0.2, -0.15) is 0 Å². The van der Waals surface area contributed by atoms with Crippen LogP contribution < -0.4 is 0 Å². The fourth-order valence-electron chi connectivity index (χ4n) is 1.30. The van der Waals surface area contributed by atoms with Gasteiger partial charge in [-0.25, -0.2) is 0 Å². The van der Waals surface area contributed by atoms with Gasteiger partial charge in [0, 0.05) is 26.4 Å². The summed E-state index contributed by atoms with van der Waals surface area (Å²) in [5, 5.41) is 0. The molecule has 7 heteroatoms. The average Bonchev–Trinajstić information content (AvgIpc) is 2.44. The van der Waals surface area contributed by atoms with E-state index < -0.39 is 9.05 Å². The van der Waals surface area contributed by atoms with Crippen molar-refractivity contribution in [3.8, 4) is 0 Å². The molecule has 0 aromatic heterocycles. The Labute approximate surface area is 146 Å². The third-order valence-corrected chi connectivity index (χ3v) is 5.60. The van der Waals surface area contributed by atoms with Crippen LogP contribution in [0.15, 0.2) is 0 Å². The molecule has 138 valence electrons. The van der Waals surface area contributed by atoms with Crippen molar-refractivity contribution in [1.82, 2.24) is 0 Å². The highest BCUT2D eigenvalue weighted by Gasteiger charge is 2.46. The second-order valence-electron chi connectivity index (χ2n) is 7.50. The van der Waals surface area contributed by atoms with Gasteiger partial charge in [0.1, 0.15) is 0 Å². The van der Waals surface area contributed by atoms with Crippen LogP contribution in [-0.4, -0.2) is 45.5 Å². The van der Waals surface area contributed by atoms with Gasteiger partial charge in [-0.1, -0.05) is 55.4 Å². The third kappa shape index (κ3) is 13.2. The molecule has 0 aliphatic rings. The Hall–Kier alpha value is 0.234. The SMILES string of the molecule is CC(C)CO[Si]O[Si](OCC(C)C)(OCC(C)C)OCC(C)C. The molecule has 0 saturated carbocycles. The topological polar surface area (TPSA) is 46.2 Å². The maximum absolute atomic E-state index is 6.00. The average molecular weight is 365 g/mol. The smallest absolute Gasteiger partial charge is 0.393 e. The van der Waals surface area contributed by atoms with Crippen LogP contribution in [0.3, 0.4) is 0 Å². The van der Waals surface area contributed by atoms with Crippen molar-refractivity contribution in [2.75, 3.05) is 26.4 Å². The first-order chi connectivity index (χ1) is 10.7. The highest BCUT2D eigenvalue weighted by atomic mass is 28.4. The first kappa shape index (κ1) is 23.2. The Kier molecular flexibility index (Phi) is 12.7. The van der Waals surface area contributed by atoms with Gasteiger partial charge in [0.25, 0.3) is 0 Å². The summed E-state index contributed by atoms with van der Waals surface area (Å²) in [4.78, 5) is 0. The second kappa shape index (κ2) is 12.6. The lowest BCUT2D eigenvalue weighted by molar-refractivity contribution is -0.0213. The molecule has 0 rings (SSSR count). The molecule has 0 bridgehead atoms. The minimum atomic E-state index is -3.17. The molecule has 0 unspecified atom stereocenters. The highest BCUT2D eigenvalue weighted by Crippen LogP contribution is 2.16. The molecular weight excluding hydrogens is 328 g/mol. The van der Waals surface area contributed by atoms with Gasteiger partial charge in [-0.05, 0) is 23.7 Å². The van der Waals surface area contributed by atoms with Crippen molar-refractivity contribution in [1.29, 1.82) is 0 Å². The van der Waals surface area contributed by atoms with Crippen LogP contribution in [0.5, 0.6) is 0 Å². The minimum Gasteiger partial charge on any atom is -0.393 e. The monoisotopic (exact) mass is 364 g/mol. The summed E-state index contributed by atoms with van der Waals surface area (Å²) < 4.78 is 29.5. The van der Waals surface area contributed by atoms with E-state index >= 15 is 0 Å². The maximum Gasteiger partial charge on any atom is 0.670 e. The van der Waals surface area contributed by atoms with Crippen LogP contribution in [-0.2, 0) is 21.8 Å². The highest BCUT2D eigenvalue weighted by molar-refractivity contribution is 6.59. The standard InChI is InChI=1S/C16H36O5Si2/c1-13(2)9-17-22-21-23(18-10-14(3)4,19-11-15(5)6)20-12-16(7)8/h13-16H,9-12H2,1-8H3. The van der Waals surface area contributed by atoms with Crippen molar-refractivity contribution in [2.45, 2.75) is 55.4 Å². The molecule has 0 fully saturated rings. The van der Waals surface area contributed by atoms with Gasteiger partial charge in [-0.3, -0.25) is 0 Å². The maximum atomic E-state index is 6.00. The summed E-state index contributed by atoms with van der Waals surface area (Å²) in [5.74, 6) is 1.62. The number of hydrogen-bond donors (Lipinski definition) is 0. The Bertz CT molecular complexity index is 254. The van der Waals surface area contributed by atoms with E-state index in [1.165, 1.54) is 0 Å². The Morgan fingerprint density at radius 1 is 0.609 bits per heavy atom. The quantitative estimate of drug-likeness (QED) is 0.348. The second-order valence-corrected chi connectivity index (χ2v) is 10.6. The van der Waals surface area contributed by atoms with E-state index in [0.717, 1.165) is 0 Å². The van der Waals surface area contributed by atoms with Crippen molar-refractivity contribution in [2.24, 2.45) is 23.7 Å². The van der Waals surface area contributed by atoms with E-state index in [1.54, 1.807) is 0 Å². The third-order valence-electron chi connectivity index (χ3n) is 2.42. The zero-order valence-electron chi connectivity index (χ0n) is 16.2. The summed E-state index contributed by atoms with van der Waals surface area (Å²) >= 11 is 0. The Morgan fingerprint density at radius 2 is 0.957 bits per heavy atom. The van der Waals surface area contributed by atoms with Crippen LogP contribution in [0.1, 0.15) is 55.4 Å². The molecule has 23 heavy (non-hydrogen) atoms. The van der Waals surface area contributed by atoms with E-state index in [0.29, 0.717) is 50.1 Å². The number of rotatable bonds is 14. The fourth-order valence-corrected chi connectivity index (χ4v) is 4.92. The van der Waals surface area contributed by atoms with Crippen LogP contribution in [0, 0.1) is 23.7 Å². The molecule has 2 radical (unpaired) electrons.